The number of carbonyl (C=O) groups is 1. The third-order valence-electron chi connectivity index (χ3n) is 2.50. The molecular formula is C13H19NO. The molecule has 0 atom stereocenters. The van der Waals surface area contributed by atoms with Gasteiger partial charge in [-0.3, -0.25) is 4.79 Å². The number of carbonyl (C=O) groups excluding carboxylic acids is 1. The minimum atomic E-state index is 0.753. The average Bonchev–Trinajstić information content (AvgIpc) is 2.85. The van der Waals surface area contributed by atoms with Crippen molar-refractivity contribution >= 4 is 12.0 Å². The average molecular weight is 205 g/mol. The zero-order chi connectivity index (χ0) is 11.1. The van der Waals surface area contributed by atoms with Crippen LogP contribution in [0.4, 0.5) is 5.69 Å². The molecule has 2 rings (SSSR count). The molecule has 1 heterocycles. The van der Waals surface area contributed by atoms with Crippen LogP contribution in [0.1, 0.15) is 37.0 Å². The van der Waals surface area contributed by atoms with E-state index in [1.54, 1.807) is 0 Å². The summed E-state index contributed by atoms with van der Waals surface area (Å²) in [5.41, 5.74) is 1.99. The van der Waals surface area contributed by atoms with E-state index in [0.29, 0.717) is 0 Å². The summed E-state index contributed by atoms with van der Waals surface area (Å²) in [6.07, 6.45) is 3.46. The topological polar surface area (TPSA) is 20.3 Å². The summed E-state index contributed by atoms with van der Waals surface area (Å²) in [7, 11) is 0. The molecule has 0 unspecified atom stereocenters. The minimum Gasteiger partial charge on any atom is -0.372 e. The molecule has 0 N–H and O–H groups in total. The maximum absolute atomic E-state index is 10.4. The van der Waals surface area contributed by atoms with Crippen LogP contribution in [0.5, 0.6) is 0 Å². The van der Waals surface area contributed by atoms with Crippen molar-refractivity contribution in [1.82, 2.24) is 0 Å². The molecule has 1 aromatic carbocycles. The van der Waals surface area contributed by atoms with Gasteiger partial charge in [0.2, 0.25) is 0 Å². The molecule has 0 amide bonds. The van der Waals surface area contributed by atoms with E-state index in [2.05, 4.69) is 4.90 Å². The molecule has 0 bridgehead atoms. The third-order valence-corrected chi connectivity index (χ3v) is 2.50. The fourth-order valence-electron chi connectivity index (χ4n) is 1.74. The number of benzene rings is 1. The van der Waals surface area contributed by atoms with E-state index >= 15 is 0 Å². The van der Waals surface area contributed by atoms with Gasteiger partial charge in [-0.15, -0.1) is 0 Å². The van der Waals surface area contributed by atoms with Crippen LogP contribution in [-0.4, -0.2) is 19.4 Å². The lowest BCUT2D eigenvalue weighted by Gasteiger charge is -2.17. The molecule has 0 aromatic heterocycles. The summed E-state index contributed by atoms with van der Waals surface area (Å²) in [4.78, 5) is 12.8. The van der Waals surface area contributed by atoms with Crippen molar-refractivity contribution in [3.8, 4) is 0 Å². The van der Waals surface area contributed by atoms with Gasteiger partial charge in [-0.05, 0) is 37.1 Å². The lowest BCUT2D eigenvalue weighted by molar-refractivity contribution is 0.112. The van der Waals surface area contributed by atoms with Crippen molar-refractivity contribution in [2.75, 3.05) is 18.0 Å². The zero-order valence-electron chi connectivity index (χ0n) is 9.57. The molecule has 0 saturated carbocycles. The highest BCUT2D eigenvalue weighted by molar-refractivity contribution is 5.75. The highest BCUT2D eigenvalue weighted by Gasteiger charge is 2.11. The standard InChI is InChI=1S/C11H13NO.C2H6/c13-9-10-3-5-11(6-4-10)12-7-1-2-8-12;1-2/h3-6,9H,1-2,7-8H2;1-2H3. The Balaban J connectivity index is 0.000000531. The molecule has 0 spiro atoms. The second kappa shape index (κ2) is 6.23. The first-order valence-electron chi connectivity index (χ1n) is 5.70. The summed E-state index contributed by atoms with van der Waals surface area (Å²) in [5.74, 6) is 0. The molecule has 0 aliphatic carbocycles. The van der Waals surface area contributed by atoms with Crippen LogP contribution in [-0.2, 0) is 0 Å². The molecule has 1 aliphatic rings. The van der Waals surface area contributed by atoms with E-state index in [1.807, 2.05) is 38.1 Å². The molecule has 15 heavy (non-hydrogen) atoms. The van der Waals surface area contributed by atoms with Crippen molar-refractivity contribution in [2.24, 2.45) is 0 Å². The fraction of sp³-hybridized carbons (Fsp3) is 0.462. The van der Waals surface area contributed by atoms with E-state index in [1.165, 1.54) is 18.5 Å². The molecule has 1 saturated heterocycles. The number of aldehydes is 1. The largest absolute Gasteiger partial charge is 0.372 e. The number of nitrogens with zero attached hydrogens (tertiary/aromatic N) is 1. The van der Waals surface area contributed by atoms with Gasteiger partial charge >= 0.3 is 0 Å². The second-order valence-corrected chi connectivity index (χ2v) is 3.40. The fourth-order valence-corrected chi connectivity index (χ4v) is 1.74. The van der Waals surface area contributed by atoms with Crippen LogP contribution in [0.2, 0.25) is 0 Å². The Labute approximate surface area is 91.9 Å². The maximum atomic E-state index is 10.4. The van der Waals surface area contributed by atoms with Crippen molar-refractivity contribution in [1.29, 1.82) is 0 Å². The lowest BCUT2D eigenvalue weighted by Crippen LogP contribution is -2.17. The first kappa shape index (κ1) is 11.8. The van der Waals surface area contributed by atoms with Crippen LogP contribution >= 0.6 is 0 Å². The molecule has 1 fully saturated rings. The van der Waals surface area contributed by atoms with Gasteiger partial charge in [0.15, 0.2) is 0 Å². The monoisotopic (exact) mass is 205 g/mol. The SMILES string of the molecule is CC.O=Cc1ccc(N2CCCC2)cc1. The predicted octanol–water partition coefficient (Wildman–Crippen LogP) is 3.13. The Hall–Kier alpha value is -1.31. The van der Waals surface area contributed by atoms with Gasteiger partial charge in [0, 0.05) is 24.3 Å². The van der Waals surface area contributed by atoms with Gasteiger partial charge in [-0.25, -0.2) is 0 Å². The number of hydrogen-bond acceptors (Lipinski definition) is 2. The quantitative estimate of drug-likeness (QED) is 0.691. The van der Waals surface area contributed by atoms with Crippen molar-refractivity contribution in [3.05, 3.63) is 29.8 Å². The van der Waals surface area contributed by atoms with E-state index in [4.69, 9.17) is 0 Å². The predicted molar refractivity (Wildman–Crippen MR) is 64.6 cm³/mol. The summed E-state index contributed by atoms with van der Waals surface area (Å²) in [6.45, 7) is 6.31. The van der Waals surface area contributed by atoms with Crippen molar-refractivity contribution in [3.63, 3.8) is 0 Å². The van der Waals surface area contributed by atoms with Crippen LogP contribution in [0.15, 0.2) is 24.3 Å². The van der Waals surface area contributed by atoms with Gasteiger partial charge in [-0.2, -0.15) is 0 Å². The highest BCUT2D eigenvalue weighted by Crippen LogP contribution is 2.19. The van der Waals surface area contributed by atoms with E-state index in [9.17, 15) is 4.79 Å². The van der Waals surface area contributed by atoms with Gasteiger partial charge < -0.3 is 4.90 Å². The molecule has 1 aliphatic heterocycles. The Bertz CT molecular complexity index is 286. The van der Waals surface area contributed by atoms with Crippen LogP contribution in [0, 0.1) is 0 Å². The van der Waals surface area contributed by atoms with Crippen LogP contribution < -0.4 is 4.90 Å². The maximum Gasteiger partial charge on any atom is 0.150 e. The van der Waals surface area contributed by atoms with Crippen molar-refractivity contribution in [2.45, 2.75) is 26.7 Å². The normalized spacial score (nSPS) is 14.4. The molecule has 0 radical (unpaired) electrons. The summed E-state index contributed by atoms with van der Waals surface area (Å²) >= 11 is 0. The van der Waals surface area contributed by atoms with E-state index in [0.717, 1.165) is 24.9 Å². The number of rotatable bonds is 2. The molecule has 2 nitrogen and oxygen atoms in total. The second-order valence-electron chi connectivity index (χ2n) is 3.40. The van der Waals surface area contributed by atoms with E-state index < -0.39 is 0 Å². The summed E-state index contributed by atoms with van der Waals surface area (Å²) in [5, 5.41) is 0. The van der Waals surface area contributed by atoms with E-state index in [-0.39, 0.29) is 0 Å². The highest BCUT2D eigenvalue weighted by atomic mass is 16.1. The lowest BCUT2D eigenvalue weighted by atomic mass is 10.2. The molecular weight excluding hydrogens is 186 g/mol. The van der Waals surface area contributed by atoms with Crippen LogP contribution in [0.3, 0.4) is 0 Å². The molecule has 82 valence electrons. The smallest absolute Gasteiger partial charge is 0.150 e. The van der Waals surface area contributed by atoms with Crippen LogP contribution in [0.25, 0.3) is 0 Å². The van der Waals surface area contributed by atoms with Gasteiger partial charge in [0.1, 0.15) is 6.29 Å². The van der Waals surface area contributed by atoms with Gasteiger partial charge in [-0.1, -0.05) is 13.8 Å². The van der Waals surface area contributed by atoms with Gasteiger partial charge in [0.05, 0.1) is 0 Å². The number of anilines is 1. The molecule has 2 heteroatoms. The zero-order valence-corrected chi connectivity index (χ0v) is 9.57. The Morgan fingerprint density at radius 3 is 2.07 bits per heavy atom. The first-order chi connectivity index (χ1) is 7.40. The summed E-state index contributed by atoms with van der Waals surface area (Å²) in [6, 6.07) is 7.80. The minimum absolute atomic E-state index is 0.753. The third kappa shape index (κ3) is 3.08. The molecule has 1 aromatic rings. The Morgan fingerprint density at radius 1 is 1.07 bits per heavy atom. The first-order valence-corrected chi connectivity index (χ1v) is 5.70. The number of hydrogen-bond donors (Lipinski definition) is 0. The Morgan fingerprint density at radius 2 is 1.60 bits per heavy atom. The summed E-state index contributed by atoms with van der Waals surface area (Å²) < 4.78 is 0. The van der Waals surface area contributed by atoms with Gasteiger partial charge in [0.25, 0.3) is 0 Å². The van der Waals surface area contributed by atoms with Crippen molar-refractivity contribution < 1.29 is 4.79 Å². The Kier molecular flexibility index (Phi) is 4.88.